The molecule has 0 fully saturated rings. The van der Waals surface area contributed by atoms with Crippen molar-refractivity contribution in [2.24, 2.45) is 0 Å². The predicted molar refractivity (Wildman–Crippen MR) is 178 cm³/mol. The van der Waals surface area contributed by atoms with Crippen molar-refractivity contribution >= 4 is 23.9 Å². The molecule has 8 nitrogen and oxygen atoms in total. The average Bonchev–Trinajstić information content (AvgIpc) is 3.08. The van der Waals surface area contributed by atoms with Gasteiger partial charge in [-0.25, -0.2) is 19.2 Å². The molecule has 232 valence electrons. The fourth-order valence-corrected chi connectivity index (χ4v) is 4.05. The molecule has 0 saturated heterocycles. The second-order valence-corrected chi connectivity index (χ2v) is 9.77. The summed E-state index contributed by atoms with van der Waals surface area (Å²) >= 11 is 0. The third-order valence-electron chi connectivity index (χ3n) is 6.34. The van der Waals surface area contributed by atoms with Crippen LogP contribution >= 0.6 is 0 Å². The van der Waals surface area contributed by atoms with E-state index in [4.69, 9.17) is 18.9 Å². The molecule has 0 saturated carbocycles. The van der Waals surface area contributed by atoms with Crippen LogP contribution in [0.5, 0.6) is 23.0 Å². The molecule has 0 bridgehead atoms. The van der Waals surface area contributed by atoms with Gasteiger partial charge < -0.3 is 18.9 Å². The van der Waals surface area contributed by atoms with Crippen LogP contribution in [0.1, 0.15) is 18.1 Å². The van der Waals surface area contributed by atoms with E-state index in [9.17, 15) is 19.2 Å². The van der Waals surface area contributed by atoms with Gasteiger partial charge in [-0.15, -0.1) is 0 Å². The van der Waals surface area contributed by atoms with Crippen LogP contribution in [-0.4, -0.2) is 23.9 Å². The van der Waals surface area contributed by atoms with Crippen molar-refractivity contribution in [2.45, 2.75) is 6.92 Å². The summed E-state index contributed by atoms with van der Waals surface area (Å²) in [5, 5.41) is 0. The Kier molecular flexibility index (Phi) is 10.8. The highest BCUT2D eigenvalue weighted by Gasteiger charge is 2.14. The number of hydrogen-bond donors (Lipinski definition) is 0. The molecule has 0 atom stereocenters. The van der Waals surface area contributed by atoms with Gasteiger partial charge in [0, 0.05) is 46.1 Å². The Morgan fingerprint density at radius 1 is 0.553 bits per heavy atom. The van der Waals surface area contributed by atoms with Crippen molar-refractivity contribution < 1.29 is 38.1 Å². The third kappa shape index (κ3) is 8.91. The maximum Gasteiger partial charge on any atom is 0.338 e. The van der Waals surface area contributed by atoms with Gasteiger partial charge in [-0.1, -0.05) is 62.4 Å². The Bertz CT molecular complexity index is 1970. The predicted octanol–water partition coefficient (Wildman–Crippen LogP) is 7.18. The normalized spacial score (nSPS) is 9.89. The summed E-state index contributed by atoms with van der Waals surface area (Å²) in [5.74, 6) is 4.83. The lowest BCUT2D eigenvalue weighted by Gasteiger charge is -2.12. The highest BCUT2D eigenvalue weighted by Crippen LogP contribution is 2.34. The zero-order chi connectivity index (χ0) is 33.9. The molecule has 0 amide bonds. The zero-order valence-electron chi connectivity index (χ0n) is 25.4. The Labute approximate surface area is 271 Å². The number of rotatable bonds is 10. The van der Waals surface area contributed by atoms with Crippen molar-refractivity contribution in [1.29, 1.82) is 0 Å². The van der Waals surface area contributed by atoms with Gasteiger partial charge in [-0.3, -0.25) is 0 Å². The first-order valence-electron chi connectivity index (χ1n) is 14.0. The molecule has 0 aliphatic carbocycles. The minimum atomic E-state index is -0.653. The second-order valence-electron chi connectivity index (χ2n) is 9.77. The summed E-state index contributed by atoms with van der Waals surface area (Å²) in [7, 11) is 0. The van der Waals surface area contributed by atoms with E-state index in [1.54, 1.807) is 91.9 Å². The van der Waals surface area contributed by atoms with Gasteiger partial charge in [0.2, 0.25) is 0 Å². The first kappa shape index (κ1) is 33.2. The quantitative estimate of drug-likeness (QED) is 0.0791. The van der Waals surface area contributed by atoms with Crippen LogP contribution in [0, 0.1) is 11.8 Å². The summed E-state index contributed by atoms with van der Waals surface area (Å²) < 4.78 is 21.4. The zero-order valence-corrected chi connectivity index (χ0v) is 25.4. The lowest BCUT2D eigenvalue weighted by Crippen LogP contribution is -2.09. The smallest absolute Gasteiger partial charge is 0.338 e. The summed E-state index contributed by atoms with van der Waals surface area (Å²) in [4.78, 5) is 47.7. The molecule has 4 rings (SSSR count). The molecule has 0 aromatic heterocycles. The van der Waals surface area contributed by atoms with Gasteiger partial charge >= 0.3 is 23.9 Å². The average molecular weight is 625 g/mol. The maximum absolute atomic E-state index is 12.5. The van der Waals surface area contributed by atoms with Crippen LogP contribution in [0.25, 0.3) is 22.3 Å². The Hall–Kier alpha value is -6.72. The van der Waals surface area contributed by atoms with E-state index in [0.717, 1.165) is 18.2 Å². The first-order chi connectivity index (χ1) is 22.6. The van der Waals surface area contributed by atoms with Gasteiger partial charge in [-0.2, -0.15) is 0 Å². The molecule has 8 heteroatoms. The highest BCUT2D eigenvalue weighted by molar-refractivity contribution is 5.90. The Balaban J connectivity index is 1.67. The fraction of sp³-hybridized carbons (Fsp3) is 0.0256. The van der Waals surface area contributed by atoms with Crippen LogP contribution in [0.4, 0.5) is 0 Å². The molecule has 4 aromatic carbocycles. The fourth-order valence-electron chi connectivity index (χ4n) is 4.05. The monoisotopic (exact) mass is 624 g/mol. The number of carbonyl (C=O) groups excluding carboxylic acids is 4. The number of hydrogen-bond acceptors (Lipinski definition) is 8. The molecular weight excluding hydrogens is 596 g/mol. The molecule has 0 spiro atoms. The lowest BCUT2D eigenvalue weighted by molar-refractivity contribution is -0.130. The van der Waals surface area contributed by atoms with Crippen LogP contribution in [0.2, 0.25) is 0 Å². The van der Waals surface area contributed by atoms with Crippen molar-refractivity contribution in [1.82, 2.24) is 0 Å². The summed E-state index contributed by atoms with van der Waals surface area (Å²) in [6.45, 7) is 15.4. The van der Waals surface area contributed by atoms with Crippen molar-refractivity contribution in [3.63, 3.8) is 0 Å². The largest absolute Gasteiger partial charge is 0.423 e. The van der Waals surface area contributed by atoms with E-state index >= 15 is 0 Å². The van der Waals surface area contributed by atoms with Gasteiger partial charge in [0.1, 0.15) is 23.0 Å². The molecule has 0 aliphatic rings. The topological polar surface area (TPSA) is 105 Å². The van der Waals surface area contributed by atoms with E-state index < -0.39 is 23.9 Å². The Morgan fingerprint density at radius 3 is 1.32 bits per heavy atom. The molecular formula is C39H28O8. The van der Waals surface area contributed by atoms with Crippen LogP contribution in [0.15, 0.2) is 135 Å². The molecule has 0 unspecified atom stereocenters. The molecule has 0 radical (unpaired) electrons. The van der Waals surface area contributed by atoms with Gasteiger partial charge in [0.25, 0.3) is 0 Å². The van der Waals surface area contributed by atoms with Gasteiger partial charge in [0.15, 0.2) is 0 Å². The number of ether oxygens (including phenoxy) is 4. The van der Waals surface area contributed by atoms with Crippen LogP contribution in [0.3, 0.4) is 0 Å². The summed E-state index contributed by atoms with van der Waals surface area (Å²) in [5.41, 5.74) is 3.87. The van der Waals surface area contributed by atoms with E-state index in [-0.39, 0.29) is 17.1 Å². The number of carbonyl (C=O) groups is 4. The molecule has 0 heterocycles. The lowest BCUT2D eigenvalue weighted by atomic mass is 10.0. The van der Waals surface area contributed by atoms with Gasteiger partial charge in [-0.05, 0) is 78.7 Å². The van der Waals surface area contributed by atoms with Crippen LogP contribution in [-0.2, 0) is 19.2 Å². The maximum atomic E-state index is 12.5. The second kappa shape index (κ2) is 15.3. The number of esters is 4. The van der Waals surface area contributed by atoms with Gasteiger partial charge in [0.05, 0.1) is 0 Å². The van der Waals surface area contributed by atoms with E-state index in [2.05, 4.69) is 38.2 Å². The van der Waals surface area contributed by atoms with E-state index in [0.29, 0.717) is 44.9 Å². The highest BCUT2D eigenvalue weighted by atomic mass is 16.5. The first-order valence-corrected chi connectivity index (χ1v) is 14.0. The van der Waals surface area contributed by atoms with E-state index in [1.807, 2.05) is 0 Å². The van der Waals surface area contributed by atoms with Crippen molar-refractivity contribution in [3.05, 3.63) is 146 Å². The minimum Gasteiger partial charge on any atom is -0.423 e. The molecule has 47 heavy (non-hydrogen) atoms. The molecule has 4 aromatic rings. The minimum absolute atomic E-state index is 0.216. The van der Waals surface area contributed by atoms with E-state index in [1.165, 1.54) is 0 Å². The standard InChI is InChI=1S/C39H28O8/c1-6-36(40)44-30-17-13-28(14-18-30)32-21-11-26(23-34(32)46-38(42)8-3)9-10-27-12-22-33(35(24-27)47-39(43)25(4)5)29-15-19-31(20-16-29)45-37(41)7-2/h6-8,11-24H,1-4H2,5H3. The SMILES string of the molecule is C=CC(=O)Oc1ccc(-c2ccc(C#Cc3ccc(-c4ccc(OC(=O)C=C)cc4)c(OC(=O)C(=C)C)c3)cc2OC(=O)C=C)cc1. The third-order valence-corrected chi connectivity index (χ3v) is 6.34. The molecule has 0 aliphatic heterocycles. The Morgan fingerprint density at radius 2 is 0.936 bits per heavy atom. The van der Waals surface area contributed by atoms with Crippen LogP contribution < -0.4 is 18.9 Å². The number of benzene rings is 4. The molecule has 0 N–H and O–H groups in total. The van der Waals surface area contributed by atoms with Crippen molar-refractivity contribution in [2.75, 3.05) is 0 Å². The summed E-state index contributed by atoms with van der Waals surface area (Å²) in [6.07, 6.45) is 3.18. The summed E-state index contributed by atoms with van der Waals surface area (Å²) in [6, 6.07) is 23.6. The van der Waals surface area contributed by atoms with Crippen molar-refractivity contribution in [3.8, 4) is 57.1 Å².